The zero-order chi connectivity index (χ0) is 14.5. The lowest BCUT2D eigenvalue weighted by Gasteiger charge is -2.40. The summed E-state index contributed by atoms with van der Waals surface area (Å²) in [5, 5.41) is 4.53. The summed E-state index contributed by atoms with van der Waals surface area (Å²) in [6.45, 7) is 6.98. The van der Waals surface area contributed by atoms with Crippen LogP contribution in [-0.2, 0) is 4.74 Å². The molecule has 0 aromatic heterocycles. The maximum atomic E-state index is 6.36. The SMILES string of the molecule is CCOC(CC)(CC)C(NC)c1cccc(Cl)c1Cl. The molecule has 1 N–H and O–H groups in total. The van der Waals surface area contributed by atoms with Crippen LogP contribution in [0.2, 0.25) is 10.0 Å². The largest absolute Gasteiger partial charge is 0.373 e. The molecule has 0 aliphatic heterocycles. The first-order chi connectivity index (χ1) is 9.06. The van der Waals surface area contributed by atoms with Gasteiger partial charge in [-0.3, -0.25) is 0 Å². The van der Waals surface area contributed by atoms with Crippen LogP contribution in [0.1, 0.15) is 45.2 Å². The molecule has 2 nitrogen and oxygen atoms in total. The van der Waals surface area contributed by atoms with Gasteiger partial charge in [0.25, 0.3) is 0 Å². The smallest absolute Gasteiger partial charge is 0.0871 e. The van der Waals surface area contributed by atoms with Crippen molar-refractivity contribution in [3.8, 4) is 0 Å². The van der Waals surface area contributed by atoms with Gasteiger partial charge in [-0.05, 0) is 38.4 Å². The maximum absolute atomic E-state index is 6.36. The average Bonchev–Trinajstić information content (AvgIpc) is 2.43. The lowest BCUT2D eigenvalue weighted by atomic mass is 9.83. The van der Waals surface area contributed by atoms with Crippen LogP contribution >= 0.6 is 23.2 Å². The molecule has 0 amide bonds. The summed E-state index contributed by atoms with van der Waals surface area (Å²) >= 11 is 12.5. The molecule has 0 saturated carbocycles. The summed E-state index contributed by atoms with van der Waals surface area (Å²) in [5.41, 5.74) is 0.728. The van der Waals surface area contributed by atoms with Gasteiger partial charge in [-0.2, -0.15) is 0 Å². The highest BCUT2D eigenvalue weighted by atomic mass is 35.5. The number of likely N-dealkylation sites (N-methyl/N-ethyl adjacent to an activating group) is 1. The fourth-order valence-corrected chi connectivity index (χ4v) is 3.10. The van der Waals surface area contributed by atoms with E-state index >= 15 is 0 Å². The number of nitrogens with one attached hydrogen (secondary N) is 1. The zero-order valence-electron chi connectivity index (χ0n) is 12.1. The number of halogens is 2. The van der Waals surface area contributed by atoms with Gasteiger partial charge in [0.1, 0.15) is 0 Å². The highest BCUT2D eigenvalue weighted by Crippen LogP contribution is 2.40. The second kappa shape index (κ2) is 7.49. The Kier molecular flexibility index (Phi) is 6.61. The van der Waals surface area contributed by atoms with Crippen LogP contribution in [0.25, 0.3) is 0 Å². The van der Waals surface area contributed by atoms with Crippen molar-refractivity contribution < 1.29 is 4.74 Å². The number of hydrogen-bond acceptors (Lipinski definition) is 2. The molecule has 0 bridgehead atoms. The van der Waals surface area contributed by atoms with Gasteiger partial charge in [0.2, 0.25) is 0 Å². The van der Waals surface area contributed by atoms with Crippen molar-refractivity contribution in [2.24, 2.45) is 0 Å². The third kappa shape index (κ3) is 3.43. The summed E-state index contributed by atoms with van der Waals surface area (Å²) in [7, 11) is 1.93. The molecule has 19 heavy (non-hydrogen) atoms. The lowest BCUT2D eigenvalue weighted by Crippen LogP contribution is -2.44. The van der Waals surface area contributed by atoms with Crippen LogP contribution < -0.4 is 5.32 Å². The van der Waals surface area contributed by atoms with E-state index in [1.807, 2.05) is 26.1 Å². The van der Waals surface area contributed by atoms with E-state index in [9.17, 15) is 0 Å². The quantitative estimate of drug-likeness (QED) is 0.777. The minimum Gasteiger partial charge on any atom is -0.373 e. The normalized spacial score (nSPS) is 13.6. The van der Waals surface area contributed by atoms with Crippen molar-refractivity contribution in [3.63, 3.8) is 0 Å². The Morgan fingerprint density at radius 2 is 1.84 bits per heavy atom. The van der Waals surface area contributed by atoms with E-state index in [1.54, 1.807) is 6.07 Å². The van der Waals surface area contributed by atoms with Gasteiger partial charge in [-0.25, -0.2) is 0 Å². The molecular weight excluding hydrogens is 281 g/mol. The molecule has 0 aliphatic rings. The van der Waals surface area contributed by atoms with Crippen molar-refractivity contribution in [1.82, 2.24) is 5.32 Å². The fourth-order valence-electron chi connectivity index (χ4n) is 2.68. The van der Waals surface area contributed by atoms with Crippen molar-refractivity contribution >= 4 is 23.2 Å². The molecule has 1 unspecified atom stereocenters. The Labute approximate surface area is 126 Å². The first kappa shape index (κ1) is 16.8. The molecule has 1 aromatic rings. The van der Waals surface area contributed by atoms with Crippen molar-refractivity contribution in [2.45, 2.75) is 45.3 Å². The summed E-state index contributed by atoms with van der Waals surface area (Å²) in [4.78, 5) is 0. The van der Waals surface area contributed by atoms with Gasteiger partial charge < -0.3 is 10.1 Å². The van der Waals surface area contributed by atoms with Crippen molar-refractivity contribution in [1.29, 1.82) is 0 Å². The summed E-state index contributed by atoms with van der Waals surface area (Å²) in [6, 6.07) is 5.76. The van der Waals surface area contributed by atoms with E-state index in [4.69, 9.17) is 27.9 Å². The van der Waals surface area contributed by atoms with E-state index in [0.717, 1.165) is 18.4 Å². The molecule has 0 heterocycles. The van der Waals surface area contributed by atoms with Crippen LogP contribution in [0.15, 0.2) is 18.2 Å². The molecular formula is C15H23Cl2NO. The van der Waals surface area contributed by atoms with E-state index in [-0.39, 0.29) is 11.6 Å². The van der Waals surface area contributed by atoms with E-state index < -0.39 is 0 Å². The molecule has 108 valence electrons. The van der Waals surface area contributed by atoms with Crippen molar-refractivity contribution in [3.05, 3.63) is 33.8 Å². The topological polar surface area (TPSA) is 21.3 Å². The lowest BCUT2D eigenvalue weighted by molar-refractivity contribution is -0.0717. The van der Waals surface area contributed by atoms with Gasteiger partial charge in [0, 0.05) is 6.61 Å². The predicted octanol–water partition coefficient (Wildman–Crippen LogP) is 4.85. The standard InChI is InChI=1S/C15H23Cl2NO/c1-5-15(6-2,19-7-3)14(18-4)11-9-8-10-12(16)13(11)17/h8-10,14,18H,5-7H2,1-4H3. The third-order valence-electron chi connectivity index (χ3n) is 3.74. The second-order valence-electron chi connectivity index (χ2n) is 4.57. The molecule has 1 rings (SSSR count). The number of benzene rings is 1. The van der Waals surface area contributed by atoms with Gasteiger partial charge in [-0.15, -0.1) is 0 Å². The fraction of sp³-hybridized carbons (Fsp3) is 0.600. The van der Waals surface area contributed by atoms with Crippen LogP contribution in [0.5, 0.6) is 0 Å². The molecule has 0 spiro atoms. The molecule has 0 aliphatic carbocycles. The maximum Gasteiger partial charge on any atom is 0.0871 e. The Hall–Kier alpha value is -0.280. The molecule has 0 radical (unpaired) electrons. The Balaban J connectivity index is 3.27. The second-order valence-corrected chi connectivity index (χ2v) is 5.35. The highest BCUT2D eigenvalue weighted by Gasteiger charge is 2.37. The monoisotopic (exact) mass is 303 g/mol. The molecule has 4 heteroatoms. The molecule has 0 fully saturated rings. The highest BCUT2D eigenvalue weighted by molar-refractivity contribution is 6.42. The Bertz CT molecular complexity index is 405. The van der Waals surface area contributed by atoms with Gasteiger partial charge in [0.15, 0.2) is 0 Å². The minimum atomic E-state index is -0.266. The van der Waals surface area contributed by atoms with Crippen LogP contribution in [-0.4, -0.2) is 19.3 Å². The van der Waals surface area contributed by atoms with Crippen LogP contribution in [0, 0.1) is 0 Å². The van der Waals surface area contributed by atoms with Crippen LogP contribution in [0.4, 0.5) is 0 Å². The summed E-state index contributed by atoms with van der Waals surface area (Å²) in [5.74, 6) is 0. The predicted molar refractivity (Wildman–Crippen MR) is 83.2 cm³/mol. The van der Waals surface area contributed by atoms with E-state index in [2.05, 4.69) is 19.2 Å². The number of hydrogen-bond donors (Lipinski definition) is 1. The summed E-state index contributed by atoms with van der Waals surface area (Å²) in [6.07, 6.45) is 1.82. The minimum absolute atomic E-state index is 0.0219. The Morgan fingerprint density at radius 3 is 2.32 bits per heavy atom. The van der Waals surface area contributed by atoms with Gasteiger partial charge in [-0.1, -0.05) is 49.2 Å². The first-order valence-electron chi connectivity index (χ1n) is 6.81. The summed E-state index contributed by atoms with van der Waals surface area (Å²) < 4.78 is 6.07. The van der Waals surface area contributed by atoms with Gasteiger partial charge in [0.05, 0.1) is 21.7 Å². The number of ether oxygens (including phenoxy) is 1. The van der Waals surface area contributed by atoms with E-state index in [1.165, 1.54) is 0 Å². The molecule has 1 aromatic carbocycles. The molecule has 1 atom stereocenters. The Morgan fingerprint density at radius 1 is 1.21 bits per heavy atom. The average molecular weight is 304 g/mol. The van der Waals surface area contributed by atoms with Gasteiger partial charge >= 0.3 is 0 Å². The van der Waals surface area contributed by atoms with E-state index in [0.29, 0.717) is 16.7 Å². The first-order valence-corrected chi connectivity index (χ1v) is 7.57. The van der Waals surface area contributed by atoms with Crippen molar-refractivity contribution in [2.75, 3.05) is 13.7 Å². The zero-order valence-corrected chi connectivity index (χ0v) is 13.6. The molecule has 0 saturated heterocycles. The third-order valence-corrected chi connectivity index (χ3v) is 4.57. The number of rotatable bonds is 7. The van der Waals surface area contributed by atoms with Crippen LogP contribution in [0.3, 0.4) is 0 Å².